The molecular formula is C28H29F4N5O2. The molecule has 3 amide bonds. The number of rotatable bonds is 7. The SMILES string of the molecule is [C-]#[N+]C1(c2ccc(F)cc2F)CCN(CCCNC(=O)C2=C(C)N(C)C(=O)NC2c2ccc(F)c(F)c2)CC1. The zero-order valence-electron chi connectivity index (χ0n) is 21.7. The lowest BCUT2D eigenvalue weighted by Gasteiger charge is -2.34. The number of hydrogen-bond donors (Lipinski definition) is 2. The Bertz CT molecular complexity index is 1350. The highest BCUT2D eigenvalue weighted by Crippen LogP contribution is 2.38. The van der Waals surface area contributed by atoms with Crippen molar-refractivity contribution < 1.29 is 27.2 Å². The quantitative estimate of drug-likeness (QED) is 0.304. The monoisotopic (exact) mass is 543 g/mol. The van der Waals surface area contributed by atoms with E-state index in [0.717, 1.165) is 18.2 Å². The Balaban J connectivity index is 1.35. The Hall–Kier alpha value is -3.91. The first-order valence-electron chi connectivity index (χ1n) is 12.6. The average molecular weight is 544 g/mol. The number of nitrogens with one attached hydrogen (secondary N) is 2. The van der Waals surface area contributed by atoms with Crippen LogP contribution in [0.5, 0.6) is 0 Å². The van der Waals surface area contributed by atoms with Crippen molar-refractivity contribution in [1.82, 2.24) is 20.4 Å². The van der Waals surface area contributed by atoms with Crippen LogP contribution in [0.2, 0.25) is 0 Å². The first-order chi connectivity index (χ1) is 18.6. The van der Waals surface area contributed by atoms with Crippen LogP contribution in [0, 0.1) is 29.8 Å². The van der Waals surface area contributed by atoms with E-state index in [9.17, 15) is 27.2 Å². The zero-order valence-corrected chi connectivity index (χ0v) is 21.7. The maximum absolute atomic E-state index is 14.4. The van der Waals surface area contributed by atoms with Crippen LogP contribution in [0.3, 0.4) is 0 Å². The van der Waals surface area contributed by atoms with E-state index in [1.807, 2.05) is 0 Å². The summed E-state index contributed by atoms with van der Waals surface area (Å²) in [5.74, 6) is -3.94. The number of nitrogens with zero attached hydrogens (tertiary/aromatic N) is 3. The molecule has 1 fully saturated rings. The molecule has 1 unspecified atom stereocenters. The molecule has 4 rings (SSSR count). The molecule has 39 heavy (non-hydrogen) atoms. The van der Waals surface area contributed by atoms with Crippen molar-refractivity contribution in [3.8, 4) is 0 Å². The Labute approximate surface area is 224 Å². The Morgan fingerprint density at radius 2 is 1.82 bits per heavy atom. The molecule has 0 saturated carbocycles. The summed E-state index contributed by atoms with van der Waals surface area (Å²) in [4.78, 5) is 32.7. The van der Waals surface area contributed by atoms with Crippen LogP contribution in [0.25, 0.3) is 4.85 Å². The van der Waals surface area contributed by atoms with Gasteiger partial charge in [0.1, 0.15) is 11.6 Å². The molecule has 1 saturated heterocycles. The number of carbonyl (C=O) groups is 2. The van der Waals surface area contributed by atoms with Crippen molar-refractivity contribution >= 4 is 11.9 Å². The number of amides is 3. The summed E-state index contributed by atoms with van der Waals surface area (Å²) in [6.45, 7) is 11.3. The molecule has 0 radical (unpaired) electrons. The van der Waals surface area contributed by atoms with Crippen molar-refractivity contribution in [2.75, 3.05) is 33.2 Å². The second-order valence-corrected chi connectivity index (χ2v) is 9.83. The smallest absolute Gasteiger partial charge is 0.322 e. The number of hydrogen-bond acceptors (Lipinski definition) is 3. The summed E-state index contributed by atoms with van der Waals surface area (Å²) in [6.07, 6.45) is 1.39. The van der Waals surface area contributed by atoms with E-state index in [2.05, 4.69) is 20.4 Å². The number of halogens is 4. The van der Waals surface area contributed by atoms with Gasteiger partial charge in [0.2, 0.25) is 0 Å². The summed E-state index contributed by atoms with van der Waals surface area (Å²) in [6, 6.07) is 5.15. The molecule has 0 bridgehead atoms. The maximum atomic E-state index is 14.4. The third-order valence-corrected chi connectivity index (χ3v) is 7.54. The summed E-state index contributed by atoms with van der Waals surface area (Å²) >= 11 is 0. The molecule has 0 spiro atoms. The fourth-order valence-corrected chi connectivity index (χ4v) is 5.13. The highest BCUT2D eigenvalue weighted by molar-refractivity contribution is 5.98. The summed E-state index contributed by atoms with van der Waals surface area (Å²) < 4.78 is 55.1. The Morgan fingerprint density at radius 1 is 1.10 bits per heavy atom. The number of benzene rings is 2. The molecule has 0 aromatic heterocycles. The van der Waals surface area contributed by atoms with Gasteiger partial charge in [0, 0.05) is 51.3 Å². The van der Waals surface area contributed by atoms with Gasteiger partial charge < -0.3 is 25.3 Å². The second kappa shape index (κ2) is 11.5. The van der Waals surface area contributed by atoms with Gasteiger partial charge in [-0.25, -0.2) is 28.9 Å². The van der Waals surface area contributed by atoms with Gasteiger partial charge in [-0.05, 0) is 49.7 Å². The van der Waals surface area contributed by atoms with Crippen LogP contribution in [0.1, 0.15) is 43.4 Å². The minimum Gasteiger partial charge on any atom is -0.352 e. The van der Waals surface area contributed by atoms with Crippen LogP contribution in [0.4, 0.5) is 22.4 Å². The first-order valence-corrected chi connectivity index (χ1v) is 12.6. The van der Waals surface area contributed by atoms with E-state index in [1.165, 1.54) is 30.1 Å². The van der Waals surface area contributed by atoms with Crippen molar-refractivity contribution in [1.29, 1.82) is 0 Å². The molecule has 2 aliphatic rings. The standard InChI is InChI=1S/C28H29F4N5O2/c1-17-24(25(35-27(39)36(17)3)18-5-8-21(30)23(32)15-18)26(38)34-11-4-12-37-13-9-28(33-2,10-14-37)20-7-6-19(29)16-22(20)31/h5-8,15-16,25H,4,9-14H2,1,3H3,(H,34,38)(H,35,39). The van der Waals surface area contributed by atoms with Crippen LogP contribution in [-0.2, 0) is 10.3 Å². The van der Waals surface area contributed by atoms with Crippen LogP contribution in [-0.4, -0.2) is 55.0 Å². The molecule has 7 nitrogen and oxygen atoms in total. The van der Waals surface area contributed by atoms with Gasteiger partial charge in [0.15, 0.2) is 11.6 Å². The van der Waals surface area contributed by atoms with Crippen molar-refractivity contribution in [3.63, 3.8) is 0 Å². The minimum absolute atomic E-state index is 0.217. The van der Waals surface area contributed by atoms with E-state index in [1.54, 1.807) is 6.92 Å². The molecule has 1 atom stereocenters. The fourth-order valence-electron chi connectivity index (χ4n) is 5.13. The van der Waals surface area contributed by atoms with Crippen molar-refractivity contribution in [2.24, 2.45) is 0 Å². The van der Waals surface area contributed by atoms with E-state index < -0.39 is 46.8 Å². The molecule has 11 heteroatoms. The lowest BCUT2D eigenvalue weighted by Crippen LogP contribution is -2.48. The molecule has 2 aromatic carbocycles. The topological polar surface area (TPSA) is 69.0 Å². The van der Waals surface area contributed by atoms with Gasteiger partial charge >= 0.3 is 6.03 Å². The second-order valence-electron chi connectivity index (χ2n) is 9.83. The van der Waals surface area contributed by atoms with Crippen molar-refractivity contribution in [3.05, 3.63) is 93.5 Å². The maximum Gasteiger partial charge on any atom is 0.322 e. The number of carbonyl (C=O) groups excluding carboxylic acids is 2. The number of urea groups is 1. The molecule has 2 aromatic rings. The molecule has 2 aliphatic heterocycles. The minimum atomic E-state index is -1.08. The predicted octanol–water partition coefficient (Wildman–Crippen LogP) is 4.63. The lowest BCUT2D eigenvalue weighted by molar-refractivity contribution is -0.118. The normalized spacial score (nSPS) is 19.5. The van der Waals surface area contributed by atoms with Crippen molar-refractivity contribution in [2.45, 2.75) is 37.8 Å². The molecule has 0 aliphatic carbocycles. The summed E-state index contributed by atoms with van der Waals surface area (Å²) in [5.41, 5.74) is 0.0529. The molecule has 2 heterocycles. The average Bonchev–Trinajstić information content (AvgIpc) is 2.91. The van der Waals surface area contributed by atoms with E-state index in [4.69, 9.17) is 6.57 Å². The van der Waals surface area contributed by atoms with Gasteiger partial charge in [0.05, 0.1) is 17.2 Å². The van der Waals surface area contributed by atoms with Gasteiger partial charge in [-0.1, -0.05) is 6.07 Å². The largest absolute Gasteiger partial charge is 0.352 e. The highest BCUT2D eigenvalue weighted by Gasteiger charge is 2.44. The third-order valence-electron chi connectivity index (χ3n) is 7.54. The van der Waals surface area contributed by atoms with Gasteiger partial charge in [-0.2, -0.15) is 0 Å². The lowest BCUT2D eigenvalue weighted by atomic mass is 9.81. The van der Waals surface area contributed by atoms with E-state index in [-0.39, 0.29) is 16.7 Å². The van der Waals surface area contributed by atoms with Gasteiger partial charge in [-0.3, -0.25) is 4.79 Å². The zero-order chi connectivity index (χ0) is 28.3. The Kier molecular flexibility index (Phi) is 8.25. The van der Waals surface area contributed by atoms with E-state index >= 15 is 0 Å². The fraction of sp³-hybridized carbons (Fsp3) is 0.393. The molecule has 2 N–H and O–H groups in total. The number of piperidine rings is 1. The molecular weight excluding hydrogens is 514 g/mol. The van der Waals surface area contributed by atoms with Gasteiger partial charge in [0.25, 0.3) is 11.4 Å². The number of allylic oxidation sites excluding steroid dienone is 1. The summed E-state index contributed by atoms with van der Waals surface area (Å²) in [5, 5.41) is 5.51. The third kappa shape index (κ3) is 5.76. The Morgan fingerprint density at radius 3 is 2.46 bits per heavy atom. The van der Waals surface area contributed by atoms with E-state index in [0.29, 0.717) is 51.1 Å². The predicted molar refractivity (Wildman–Crippen MR) is 136 cm³/mol. The highest BCUT2D eigenvalue weighted by atomic mass is 19.2. The summed E-state index contributed by atoms with van der Waals surface area (Å²) in [7, 11) is 1.51. The van der Waals surface area contributed by atoms with Gasteiger partial charge in [-0.15, -0.1) is 0 Å². The molecule has 206 valence electrons. The first kappa shape index (κ1) is 28.1. The van der Waals surface area contributed by atoms with Crippen LogP contribution < -0.4 is 10.6 Å². The van der Waals surface area contributed by atoms with Crippen LogP contribution >= 0.6 is 0 Å². The number of likely N-dealkylation sites (tertiary alicyclic amines) is 1. The van der Waals surface area contributed by atoms with Crippen LogP contribution in [0.15, 0.2) is 47.7 Å².